The van der Waals surface area contributed by atoms with Crippen molar-refractivity contribution >= 4 is 5.69 Å². The predicted molar refractivity (Wildman–Crippen MR) is 75.7 cm³/mol. The Kier molecular flexibility index (Phi) is 4.61. The van der Waals surface area contributed by atoms with Gasteiger partial charge >= 0.3 is 0 Å². The molecule has 21 heavy (non-hydrogen) atoms. The molecule has 0 aromatic heterocycles. The number of halogens is 2. The van der Waals surface area contributed by atoms with Crippen LogP contribution in [0.15, 0.2) is 48.8 Å². The zero-order chi connectivity index (χ0) is 15.2. The highest BCUT2D eigenvalue weighted by molar-refractivity contribution is 5.48. The van der Waals surface area contributed by atoms with Crippen molar-refractivity contribution in [3.05, 3.63) is 66.0 Å². The Balaban J connectivity index is 2.11. The van der Waals surface area contributed by atoms with Gasteiger partial charge in [0.1, 0.15) is 29.7 Å². The highest BCUT2D eigenvalue weighted by atomic mass is 19.1. The first-order chi connectivity index (χ1) is 10.1. The number of phenols is 1. The third kappa shape index (κ3) is 3.85. The number of rotatable bonds is 5. The summed E-state index contributed by atoms with van der Waals surface area (Å²) in [5, 5.41) is 11.8. The van der Waals surface area contributed by atoms with E-state index in [2.05, 4.69) is 5.32 Å². The first-order valence-corrected chi connectivity index (χ1v) is 6.13. The van der Waals surface area contributed by atoms with Crippen molar-refractivity contribution < 1.29 is 18.6 Å². The van der Waals surface area contributed by atoms with Crippen LogP contribution in [0.2, 0.25) is 0 Å². The topological polar surface area (TPSA) is 67.5 Å². The van der Waals surface area contributed by atoms with Gasteiger partial charge in [0.2, 0.25) is 0 Å². The zero-order valence-corrected chi connectivity index (χ0v) is 11.0. The van der Waals surface area contributed by atoms with E-state index in [9.17, 15) is 8.78 Å². The summed E-state index contributed by atoms with van der Waals surface area (Å²) in [5.74, 6) is -0.952. The van der Waals surface area contributed by atoms with Gasteiger partial charge in [0.15, 0.2) is 0 Å². The number of hydrogen-bond donors (Lipinski definition) is 3. The first-order valence-electron chi connectivity index (χ1n) is 6.13. The molecule has 0 amide bonds. The minimum absolute atomic E-state index is 0.0862. The fraction of sp³-hybridized carbons (Fsp3) is 0.0667. The van der Waals surface area contributed by atoms with Gasteiger partial charge in [0.05, 0.1) is 5.56 Å². The molecule has 0 aliphatic carbocycles. The number of benzene rings is 2. The number of anilines is 1. The van der Waals surface area contributed by atoms with E-state index in [-0.39, 0.29) is 23.6 Å². The minimum Gasteiger partial charge on any atom is -0.508 e. The molecule has 6 heteroatoms. The fourth-order valence-corrected chi connectivity index (χ4v) is 1.67. The van der Waals surface area contributed by atoms with E-state index in [1.807, 2.05) is 0 Å². The molecule has 0 unspecified atom stereocenters. The average molecular weight is 292 g/mol. The van der Waals surface area contributed by atoms with E-state index in [0.29, 0.717) is 5.75 Å². The summed E-state index contributed by atoms with van der Waals surface area (Å²) in [6.07, 6.45) is 2.58. The van der Waals surface area contributed by atoms with Crippen LogP contribution in [-0.2, 0) is 6.61 Å². The van der Waals surface area contributed by atoms with E-state index >= 15 is 0 Å². The van der Waals surface area contributed by atoms with Crippen LogP contribution in [0.5, 0.6) is 11.5 Å². The van der Waals surface area contributed by atoms with Crippen LogP contribution >= 0.6 is 0 Å². The second-order valence-corrected chi connectivity index (χ2v) is 4.20. The van der Waals surface area contributed by atoms with Crippen LogP contribution in [0.1, 0.15) is 5.56 Å². The Bertz CT molecular complexity index is 620. The Morgan fingerprint density at radius 3 is 2.33 bits per heavy atom. The third-order valence-electron chi connectivity index (χ3n) is 2.71. The lowest BCUT2D eigenvalue weighted by molar-refractivity contribution is 0.292. The van der Waals surface area contributed by atoms with E-state index in [4.69, 9.17) is 15.6 Å². The van der Waals surface area contributed by atoms with E-state index in [1.165, 1.54) is 36.7 Å². The molecule has 0 radical (unpaired) electrons. The monoisotopic (exact) mass is 292 g/mol. The quantitative estimate of drug-likeness (QED) is 0.792. The summed E-state index contributed by atoms with van der Waals surface area (Å²) in [6.45, 7) is -0.255. The van der Waals surface area contributed by atoms with Gasteiger partial charge in [-0.1, -0.05) is 0 Å². The molecule has 0 saturated carbocycles. The van der Waals surface area contributed by atoms with Crippen LogP contribution in [0, 0.1) is 11.6 Å². The van der Waals surface area contributed by atoms with E-state index in [0.717, 1.165) is 12.1 Å². The number of phenolic OH excluding ortho intramolecular Hbond substituents is 1. The van der Waals surface area contributed by atoms with Gasteiger partial charge in [-0.15, -0.1) is 0 Å². The molecule has 0 aliphatic rings. The Morgan fingerprint density at radius 2 is 1.76 bits per heavy atom. The van der Waals surface area contributed by atoms with Crippen LogP contribution in [0.25, 0.3) is 0 Å². The lowest BCUT2D eigenvalue weighted by Crippen LogP contribution is -2.03. The largest absolute Gasteiger partial charge is 0.508 e. The van der Waals surface area contributed by atoms with Crippen LogP contribution in [0.4, 0.5) is 14.5 Å². The summed E-state index contributed by atoms with van der Waals surface area (Å²) >= 11 is 0. The molecule has 0 bridgehead atoms. The molecule has 2 aromatic carbocycles. The Morgan fingerprint density at radius 1 is 1.14 bits per heavy atom. The molecule has 110 valence electrons. The summed E-state index contributed by atoms with van der Waals surface area (Å²) in [4.78, 5) is 0. The second-order valence-electron chi connectivity index (χ2n) is 4.20. The van der Waals surface area contributed by atoms with Crippen molar-refractivity contribution in [2.24, 2.45) is 5.73 Å². The van der Waals surface area contributed by atoms with Crippen molar-refractivity contribution in [3.8, 4) is 11.5 Å². The maximum absolute atomic E-state index is 13.8. The minimum atomic E-state index is -0.721. The molecule has 0 aliphatic heterocycles. The van der Waals surface area contributed by atoms with Crippen molar-refractivity contribution in [1.29, 1.82) is 0 Å². The van der Waals surface area contributed by atoms with Gasteiger partial charge in [-0.3, -0.25) is 0 Å². The summed E-state index contributed by atoms with van der Waals surface area (Å²) in [7, 11) is 0. The number of hydrogen-bond acceptors (Lipinski definition) is 4. The molecule has 0 saturated heterocycles. The predicted octanol–water partition coefficient (Wildman–Crippen LogP) is 3.09. The van der Waals surface area contributed by atoms with Crippen molar-refractivity contribution in [1.82, 2.24) is 0 Å². The highest BCUT2D eigenvalue weighted by Crippen LogP contribution is 2.22. The maximum atomic E-state index is 13.8. The smallest absolute Gasteiger partial charge is 0.134 e. The molecule has 4 N–H and O–H groups in total. The summed E-state index contributed by atoms with van der Waals surface area (Å²) < 4.78 is 33.0. The molecule has 2 aromatic rings. The molecular weight excluding hydrogens is 278 g/mol. The normalized spacial score (nSPS) is 10.8. The van der Waals surface area contributed by atoms with Crippen molar-refractivity contribution in [3.63, 3.8) is 0 Å². The van der Waals surface area contributed by atoms with Crippen LogP contribution in [0.3, 0.4) is 0 Å². The van der Waals surface area contributed by atoms with Gasteiger partial charge < -0.3 is 20.9 Å². The second kappa shape index (κ2) is 6.60. The lowest BCUT2D eigenvalue weighted by atomic mass is 10.2. The number of nitrogens with one attached hydrogen (secondary N) is 1. The van der Waals surface area contributed by atoms with Gasteiger partial charge in [0.25, 0.3) is 0 Å². The Labute approximate surface area is 120 Å². The van der Waals surface area contributed by atoms with Crippen LogP contribution in [-0.4, -0.2) is 5.11 Å². The molecule has 0 spiro atoms. The summed E-state index contributed by atoms with van der Waals surface area (Å²) in [6, 6.07) is 8.17. The SMILES string of the molecule is N/C=C\Nc1cc(F)c(COc2ccc(O)cc2)c(F)c1. The van der Waals surface area contributed by atoms with Crippen LogP contribution < -0.4 is 15.8 Å². The molecule has 4 nitrogen and oxygen atoms in total. The third-order valence-corrected chi connectivity index (χ3v) is 2.71. The van der Waals surface area contributed by atoms with E-state index in [1.54, 1.807) is 0 Å². The van der Waals surface area contributed by atoms with Crippen molar-refractivity contribution in [2.45, 2.75) is 6.61 Å². The standard InChI is InChI=1S/C15H14F2N2O2/c16-14-7-10(19-6-5-18)8-15(17)13(14)9-21-12-3-1-11(20)2-4-12/h1-8,19-20H,9,18H2/b6-5-. The van der Waals surface area contributed by atoms with Crippen molar-refractivity contribution in [2.75, 3.05) is 5.32 Å². The molecule has 2 rings (SSSR count). The number of aromatic hydroxyl groups is 1. The zero-order valence-electron chi connectivity index (χ0n) is 11.0. The van der Waals surface area contributed by atoms with Gasteiger partial charge in [-0.2, -0.15) is 0 Å². The molecular formula is C15H14F2N2O2. The average Bonchev–Trinajstić information content (AvgIpc) is 2.46. The lowest BCUT2D eigenvalue weighted by Gasteiger charge is -2.10. The molecule has 0 heterocycles. The molecule has 0 fully saturated rings. The van der Waals surface area contributed by atoms with Gasteiger partial charge in [0, 0.05) is 18.1 Å². The van der Waals surface area contributed by atoms with Gasteiger partial charge in [-0.25, -0.2) is 8.78 Å². The molecule has 0 atom stereocenters. The summed E-state index contributed by atoms with van der Waals surface area (Å²) in [5.41, 5.74) is 5.21. The maximum Gasteiger partial charge on any atom is 0.134 e. The highest BCUT2D eigenvalue weighted by Gasteiger charge is 2.12. The van der Waals surface area contributed by atoms with Gasteiger partial charge in [-0.05, 0) is 36.4 Å². The Hall–Kier alpha value is -2.76. The first kappa shape index (κ1) is 14.6. The number of ether oxygens (including phenoxy) is 1. The van der Waals surface area contributed by atoms with E-state index < -0.39 is 11.6 Å². The fourth-order valence-electron chi connectivity index (χ4n) is 1.67. The number of nitrogens with two attached hydrogens (primary N) is 1.